The lowest BCUT2D eigenvalue weighted by molar-refractivity contribution is -0.120. The molecule has 0 aromatic heterocycles. The van der Waals surface area contributed by atoms with E-state index >= 15 is 0 Å². The number of carbonyl (C=O) groups is 1. The first-order chi connectivity index (χ1) is 8.08. The van der Waals surface area contributed by atoms with E-state index in [1.807, 2.05) is 0 Å². The van der Waals surface area contributed by atoms with Gasteiger partial charge >= 0.3 is 0 Å². The SMILES string of the molecule is Cc1cc(C)c(CCCC(=O)C2CC2)c(C)c1. The molecule has 1 heteroatoms. The molecule has 0 N–H and O–H groups in total. The highest BCUT2D eigenvalue weighted by Crippen LogP contribution is 2.31. The molecule has 0 spiro atoms. The maximum atomic E-state index is 11.6. The molecule has 1 aromatic carbocycles. The zero-order chi connectivity index (χ0) is 12.4. The van der Waals surface area contributed by atoms with E-state index in [9.17, 15) is 4.79 Å². The van der Waals surface area contributed by atoms with Gasteiger partial charge in [-0.2, -0.15) is 0 Å². The highest BCUT2D eigenvalue weighted by molar-refractivity contribution is 5.83. The van der Waals surface area contributed by atoms with Crippen molar-refractivity contribution in [2.24, 2.45) is 5.92 Å². The maximum Gasteiger partial charge on any atom is 0.135 e. The van der Waals surface area contributed by atoms with Crippen LogP contribution in [0, 0.1) is 26.7 Å². The van der Waals surface area contributed by atoms with E-state index < -0.39 is 0 Å². The second-order valence-electron chi connectivity index (χ2n) is 5.47. The van der Waals surface area contributed by atoms with Crippen LogP contribution in [0.2, 0.25) is 0 Å². The van der Waals surface area contributed by atoms with Gasteiger partial charge in [0, 0.05) is 12.3 Å². The van der Waals surface area contributed by atoms with Gasteiger partial charge in [0.05, 0.1) is 0 Å². The summed E-state index contributed by atoms with van der Waals surface area (Å²) in [5.41, 5.74) is 5.53. The lowest BCUT2D eigenvalue weighted by atomic mass is 9.95. The van der Waals surface area contributed by atoms with E-state index in [2.05, 4.69) is 32.9 Å². The van der Waals surface area contributed by atoms with Crippen LogP contribution in [0.4, 0.5) is 0 Å². The molecule has 0 bridgehead atoms. The molecule has 0 radical (unpaired) electrons. The predicted molar refractivity (Wildman–Crippen MR) is 71.3 cm³/mol. The van der Waals surface area contributed by atoms with Crippen molar-refractivity contribution in [3.8, 4) is 0 Å². The summed E-state index contributed by atoms with van der Waals surface area (Å²) in [5, 5.41) is 0. The molecule has 0 atom stereocenters. The van der Waals surface area contributed by atoms with Gasteiger partial charge in [-0.05, 0) is 63.1 Å². The number of Topliss-reactive ketones (excluding diaryl/α,β-unsaturated/α-hetero) is 1. The van der Waals surface area contributed by atoms with Crippen molar-refractivity contribution in [3.63, 3.8) is 0 Å². The van der Waals surface area contributed by atoms with Gasteiger partial charge in [0.15, 0.2) is 0 Å². The van der Waals surface area contributed by atoms with E-state index in [0.29, 0.717) is 11.7 Å². The summed E-state index contributed by atoms with van der Waals surface area (Å²) >= 11 is 0. The van der Waals surface area contributed by atoms with Gasteiger partial charge in [0.1, 0.15) is 5.78 Å². The van der Waals surface area contributed by atoms with Crippen LogP contribution in [-0.4, -0.2) is 5.78 Å². The fourth-order valence-corrected chi connectivity index (χ4v) is 2.65. The minimum atomic E-state index is 0.426. The molecular weight excluding hydrogens is 208 g/mol. The fourth-order valence-electron chi connectivity index (χ4n) is 2.65. The zero-order valence-electron chi connectivity index (χ0n) is 11.2. The number of aryl methyl sites for hydroxylation is 3. The van der Waals surface area contributed by atoms with Crippen molar-refractivity contribution >= 4 is 5.78 Å². The normalized spacial score (nSPS) is 15.0. The Bertz CT molecular complexity index is 404. The van der Waals surface area contributed by atoms with E-state index in [0.717, 1.165) is 32.1 Å². The lowest BCUT2D eigenvalue weighted by Gasteiger charge is -2.11. The molecule has 1 aromatic rings. The van der Waals surface area contributed by atoms with Gasteiger partial charge < -0.3 is 0 Å². The van der Waals surface area contributed by atoms with Crippen molar-refractivity contribution in [1.29, 1.82) is 0 Å². The Balaban J connectivity index is 1.91. The summed E-state index contributed by atoms with van der Waals surface area (Å²) in [5.74, 6) is 0.919. The van der Waals surface area contributed by atoms with Crippen LogP contribution in [-0.2, 0) is 11.2 Å². The molecule has 1 fully saturated rings. The van der Waals surface area contributed by atoms with E-state index in [1.165, 1.54) is 22.3 Å². The van der Waals surface area contributed by atoms with Crippen molar-refractivity contribution in [2.45, 2.75) is 52.9 Å². The number of rotatable bonds is 5. The molecule has 17 heavy (non-hydrogen) atoms. The fraction of sp³-hybridized carbons (Fsp3) is 0.562. The first kappa shape index (κ1) is 12.3. The molecule has 2 rings (SSSR count). The Hall–Kier alpha value is -1.11. The minimum Gasteiger partial charge on any atom is -0.299 e. The van der Waals surface area contributed by atoms with Gasteiger partial charge in [-0.1, -0.05) is 17.7 Å². The number of ketones is 1. The largest absolute Gasteiger partial charge is 0.299 e. The average Bonchev–Trinajstić information content (AvgIpc) is 3.04. The summed E-state index contributed by atoms with van der Waals surface area (Å²) in [6.45, 7) is 6.50. The van der Waals surface area contributed by atoms with Crippen LogP contribution in [0.3, 0.4) is 0 Å². The molecule has 1 aliphatic carbocycles. The Morgan fingerprint density at radius 2 is 1.76 bits per heavy atom. The Morgan fingerprint density at radius 3 is 2.29 bits per heavy atom. The summed E-state index contributed by atoms with van der Waals surface area (Å²) in [4.78, 5) is 11.6. The van der Waals surface area contributed by atoms with Gasteiger partial charge in [-0.25, -0.2) is 0 Å². The average molecular weight is 230 g/mol. The lowest BCUT2D eigenvalue weighted by Crippen LogP contribution is -2.02. The minimum absolute atomic E-state index is 0.426. The zero-order valence-corrected chi connectivity index (χ0v) is 11.2. The molecule has 0 amide bonds. The molecule has 0 aliphatic heterocycles. The Labute approximate surface area is 104 Å². The van der Waals surface area contributed by atoms with Crippen LogP contribution in [0.1, 0.15) is 47.9 Å². The topological polar surface area (TPSA) is 17.1 Å². The smallest absolute Gasteiger partial charge is 0.135 e. The molecule has 0 saturated heterocycles. The number of hydrogen-bond acceptors (Lipinski definition) is 1. The Morgan fingerprint density at radius 1 is 1.18 bits per heavy atom. The van der Waals surface area contributed by atoms with Crippen LogP contribution >= 0.6 is 0 Å². The van der Waals surface area contributed by atoms with Crippen LogP contribution < -0.4 is 0 Å². The van der Waals surface area contributed by atoms with Gasteiger partial charge in [0.25, 0.3) is 0 Å². The first-order valence-electron chi connectivity index (χ1n) is 6.67. The van der Waals surface area contributed by atoms with E-state index in [1.54, 1.807) is 0 Å². The standard InChI is InChI=1S/C16H22O/c1-11-9-12(2)15(13(3)10-11)5-4-6-16(17)14-7-8-14/h9-10,14H,4-8H2,1-3H3. The Kier molecular flexibility index (Phi) is 3.66. The van der Waals surface area contributed by atoms with E-state index in [-0.39, 0.29) is 0 Å². The van der Waals surface area contributed by atoms with Crippen molar-refractivity contribution in [2.75, 3.05) is 0 Å². The van der Waals surface area contributed by atoms with Gasteiger partial charge in [-0.3, -0.25) is 4.79 Å². The molecule has 0 heterocycles. The second-order valence-corrected chi connectivity index (χ2v) is 5.47. The number of hydrogen-bond donors (Lipinski definition) is 0. The third kappa shape index (κ3) is 3.18. The van der Waals surface area contributed by atoms with Crippen molar-refractivity contribution in [1.82, 2.24) is 0 Å². The van der Waals surface area contributed by atoms with Crippen molar-refractivity contribution < 1.29 is 4.79 Å². The van der Waals surface area contributed by atoms with Gasteiger partial charge in [-0.15, -0.1) is 0 Å². The number of carbonyl (C=O) groups excluding carboxylic acids is 1. The van der Waals surface area contributed by atoms with E-state index in [4.69, 9.17) is 0 Å². The molecule has 0 unspecified atom stereocenters. The first-order valence-corrected chi connectivity index (χ1v) is 6.67. The maximum absolute atomic E-state index is 11.6. The molecule has 1 aliphatic rings. The van der Waals surface area contributed by atoms with Crippen molar-refractivity contribution in [3.05, 3.63) is 34.4 Å². The quantitative estimate of drug-likeness (QED) is 0.749. The summed E-state index contributed by atoms with van der Waals surface area (Å²) < 4.78 is 0. The molecule has 1 nitrogen and oxygen atoms in total. The highest BCUT2D eigenvalue weighted by Gasteiger charge is 2.28. The molecule has 1 saturated carbocycles. The molecule has 92 valence electrons. The summed E-state index contributed by atoms with van der Waals surface area (Å²) in [7, 11) is 0. The summed E-state index contributed by atoms with van der Waals surface area (Å²) in [6, 6.07) is 4.48. The third-order valence-corrected chi connectivity index (χ3v) is 3.72. The predicted octanol–water partition coefficient (Wildman–Crippen LogP) is 3.91. The van der Waals surface area contributed by atoms with Crippen LogP contribution in [0.5, 0.6) is 0 Å². The van der Waals surface area contributed by atoms with Crippen LogP contribution in [0.25, 0.3) is 0 Å². The highest BCUT2D eigenvalue weighted by atomic mass is 16.1. The monoisotopic (exact) mass is 230 g/mol. The third-order valence-electron chi connectivity index (χ3n) is 3.72. The van der Waals surface area contributed by atoms with Gasteiger partial charge in [0.2, 0.25) is 0 Å². The number of benzene rings is 1. The molecular formula is C16H22O. The van der Waals surface area contributed by atoms with Crippen LogP contribution in [0.15, 0.2) is 12.1 Å². The second kappa shape index (κ2) is 5.03. The summed E-state index contributed by atoms with van der Waals surface area (Å²) in [6.07, 6.45) is 5.12.